The maximum absolute atomic E-state index is 12.6. The second-order valence-corrected chi connectivity index (χ2v) is 7.77. The van der Waals surface area contributed by atoms with Crippen molar-refractivity contribution in [3.05, 3.63) is 108 Å². The highest BCUT2D eigenvalue weighted by molar-refractivity contribution is 6.00. The van der Waals surface area contributed by atoms with Crippen molar-refractivity contribution in [1.82, 2.24) is 4.90 Å². The summed E-state index contributed by atoms with van der Waals surface area (Å²) in [7, 11) is 0. The van der Waals surface area contributed by atoms with Crippen LogP contribution in [-0.2, 0) is 15.0 Å². The minimum atomic E-state index is -1.46. The summed E-state index contributed by atoms with van der Waals surface area (Å²) in [4.78, 5) is 26.9. The Morgan fingerprint density at radius 2 is 1.48 bits per heavy atom. The van der Waals surface area contributed by atoms with Gasteiger partial charge in [0, 0.05) is 17.9 Å². The van der Waals surface area contributed by atoms with E-state index in [4.69, 9.17) is 4.74 Å². The molecule has 0 saturated heterocycles. The Morgan fingerprint density at radius 3 is 2.00 bits per heavy atom. The SMILES string of the molecule is C=CCN1C(C)=C(C(=O)O)C(CC=C)(c2cccc(Oc3ccccc3)c2)C(C(=O)O)=C1C. The third-order valence-electron chi connectivity index (χ3n) is 5.88. The molecule has 2 aromatic rings. The van der Waals surface area contributed by atoms with Gasteiger partial charge in [0.05, 0.1) is 16.6 Å². The van der Waals surface area contributed by atoms with Crippen LogP contribution >= 0.6 is 0 Å². The van der Waals surface area contributed by atoms with Gasteiger partial charge in [0.1, 0.15) is 11.5 Å². The number of carbonyl (C=O) groups is 2. The molecule has 0 spiro atoms. The van der Waals surface area contributed by atoms with Gasteiger partial charge in [0.25, 0.3) is 0 Å². The molecule has 0 atom stereocenters. The van der Waals surface area contributed by atoms with Crippen molar-refractivity contribution in [2.24, 2.45) is 0 Å². The Kier molecular flexibility index (Phi) is 6.87. The van der Waals surface area contributed by atoms with E-state index < -0.39 is 17.4 Å². The molecule has 1 heterocycles. The van der Waals surface area contributed by atoms with Crippen LogP contribution in [0, 0.1) is 0 Å². The van der Waals surface area contributed by atoms with E-state index in [1.54, 1.807) is 67.3 Å². The number of hydrogen-bond donors (Lipinski definition) is 2. The van der Waals surface area contributed by atoms with Gasteiger partial charge in [-0.15, -0.1) is 13.2 Å². The predicted molar refractivity (Wildman–Crippen MR) is 127 cm³/mol. The number of allylic oxidation sites excluding steroid dienone is 3. The Labute approximate surface area is 193 Å². The van der Waals surface area contributed by atoms with Crippen LogP contribution in [0.4, 0.5) is 0 Å². The van der Waals surface area contributed by atoms with Gasteiger partial charge in [-0.3, -0.25) is 0 Å². The zero-order valence-electron chi connectivity index (χ0n) is 18.7. The fourth-order valence-corrected chi connectivity index (χ4v) is 4.62. The summed E-state index contributed by atoms with van der Waals surface area (Å²) in [6, 6.07) is 16.1. The number of para-hydroxylation sites is 1. The minimum Gasteiger partial charge on any atom is -0.478 e. The first-order chi connectivity index (χ1) is 15.8. The largest absolute Gasteiger partial charge is 0.478 e. The monoisotopic (exact) mass is 445 g/mol. The van der Waals surface area contributed by atoms with Crippen LogP contribution in [0.2, 0.25) is 0 Å². The smallest absolute Gasteiger partial charge is 0.334 e. The van der Waals surface area contributed by atoms with E-state index in [9.17, 15) is 19.8 Å². The van der Waals surface area contributed by atoms with E-state index in [1.807, 2.05) is 18.2 Å². The molecule has 0 aromatic heterocycles. The third-order valence-corrected chi connectivity index (χ3v) is 5.88. The number of carboxylic acids is 2. The standard InChI is InChI=1S/C27H27NO5/c1-5-15-27(20-11-10-14-22(17-20)33-21-12-8-7-9-13-21)23(25(29)30)18(3)28(16-6-2)19(4)24(27)26(31)32/h5-14,17H,1-2,15-16H2,3-4H3,(H,29,30)(H,31,32). The summed E-state index contributed by atoms with van der Waals surface area (Å²) in [6.45, 7) is 11.2. The van der Waals surface area contributed by atoms with E-state index in [2.05, 4.69) is 13.2 Å². The number of rotatable bonds is 9. The molecule has 2 N–H and O–H groups in total. The lowest BCUT2D eigenvalue weighted by atomic mass is 9.63. The Morgan fingerprint density at radius 1 is 0.909 bits per heavy atom. The van der Waals surface area contributed by atoms with Gasteiger partial charge in [-0.2, -0.15) is 0 Å². The average molecular weight is 446 g/mol. The fraction of sp³-hybridized carbons (Fsp3) is 0.185. The maximum atomic E-state index is 12.6. The minimum absolute atomic E-state index is 0.0101. The van der Waals surface area contributed by atoms with Gasteiger partial charge in [0.2, 0.25) is 0 Å². The molecule has 0 bridgehead atoms. The number of hydrogen-bond acceptors (Lipinski definition) is 4. The molecule has 33 heavy (non-hydrogen) atoms. The molecular weight excluding hydrogens is 418 g/mol. The normalized spacial score (nSPS) is 15.3. The molecule has 0 aliphatic carbocycles. The summed E-state index contributed by atoms with van der Waals surface area (Å²) < 4.78 is 5.96. The zero-order valence-corrected chi connectivity index (χ0v) is 18.7. The molecule has 1 aliphatic rings. The zero-order chi connectivity index (χ0) is 24.2. The number of nitrogens with zero attached hydrogens (tertiary/aromatic N) is 1. The molecule has 2 aromatic carbocycles. The van der Waals surface area contributed by atoms with Gasteiger partial charge in [-0.25, -0.2) is 9.59 Å². The van der Waals surface area contributed by atoms with E-state index in [1.165, 1.54) is 0 Å². The van der Waals surface area contributed by atoms with E-state index >= 15 is 0 Å². The molecular formula is C27H27NO5. The van der Waals surface area contributed by atoms with Crippen molar-refractivity contribution in [1.29, 1.82) is 0 Å². The van der Waals surface area contributed by atoms with Crippen LogP contribution in [0.15, 0.2) is 102 Å². The Bertz CT molecular complexity index is 1120. The number of benzene rings is 2. The highest BCUT2D eigenvalue weighted by Crippen LogP contribution is 2.50. The number of ether oxygens (including phenoxy) is 1. The summed E-state index contributed by atoms with van der Waals surface area (Å²) in [5, 5.41) is 20.6. The molecule has 1 aliphatic heterocycles. The Hall–Kier alpha value is -4.06. The van der Waals surface area contributed by atoms with Gasteiger partial charge in [0.15, 0.2) is 0 Å². The fourth-order valence-electron chi connectivity index (χ4n) is 4.62. The van der Waals surface area contributed by atoms with Crippen molar-refractivity contribution in [2.75, 3.05) is 6.54 Å². The third kappa shape index (κ3) is 4.20. The Balaban J connectivity index is 2.32. The highest BCUT2D eigenvalue weighted by atomic mass is 16.5. The van der Waals surface area contributed by atoms with Crippen LogP contribution in [0.1, 0.15) is 25.8 Å². The van der Waals surface area contributed by atoms with Crippen LogP contribution in [0.25, 0.3) is 0 Å². The molecule has 0 amide bonds. The first-order valence-electron chi connectivity index (χ1n) is 10.5. The van der Waals surface area contributed by atoms with Crippen LogP contribution in [-0.4, -0.2) is 33.6 Å². The van der Waals surface area contributed by atoms with Crippen molar-refractivity contribution in [3.8, 4) is 11.5 Å². The van der Waals surface area contributed by atoms with Gasteiger partial charge in [-0.05, 0) is 50.1 Å². The van der Waals surface area contributed by atoms with Gasteiger partial charge < -0.3 is 19.8 Å². The lowest BCUT2D eigenvalue weighted by Crippen LogP contribution is -2.45. The topological polar surface area (TPSA) is 87.1 Å². The van der Waals surface area contributed by atoms with Crippen LogP contribution in [0.3, 0.4) is 0 Å². The van der Waals surface area contributed by atoms with Gasteiger partial charge in [-0.1, -0.05) is 42.5 Å². The van der Waals surface area contributed by atoms with Crippen molar-refractivity contribution in [3.63, 3.8) is 0 Å². The lowest BCUT2D eigenvalue weighted by Gasteiger charge is -2.44. The van der Waals surface area contributed by atoms with Crippen molar-refractivity contribution < 1.29 is 24.5 Å². The molecule has 6 heteroatoms. The summed E-state index contributed by atoms with van der Waals surface area (Å²) in [5.41, 5.74) is -0.0560. The van der Waals surface area contributed by atoms with Crippen molar-refractivity contribution in [2.45, 2.75) is 25.7 Å². The quantitative estimate of drug-likeness (QED) is 0.495. The van der Waals surface area contributed by atoms with Crippen molar-refractivity contribution >= 4 is 11.9 Å². The highest BCUT2D eigenvalue weighted by Gasteiger charge is 2.51. The average Bonchev–Trinajstić information content (AvgIpc) is 2.77. The van der Waals surface area contributed by atoms with E-state index in [0.29, 0.717) is 28.5 Å². The summed E-state index contributed by atoms with van der Waals surface area (Å²) in [6.07, 6.45) is 3.25. The predicted octanol–water partition coefficient (Wildman–Crippen LogP) is 5.51. The van der Waals surface area contributed by atoms with Crippen LogP contribution < -0.4 is 4.74 Å². The van der Waals surface area contributed by atoms with Gasteiger partial charge >= 0.3 is 11.9 Å². The second-order valence-electron chi connectivity index (χ2n) is 7.77. The molecule has 0 fully saturated rings. The first-order valence-corrected chi connectivity index (χ1v) is 10.5. The summed E-state index contributed by atoms with van der Waals surface area (Å²) >= 11 is 0. The van der Waals surface area contributed by atoms with Crippen LogP contribution in [0.5, 0.6) is 11.5 Å². The molecule has 6 nitrogen and oxygen atoms in total. The second kappa shape index (κ2) is 9.61. The molecule has 3 rings (SSSR count). The van der Waals surface area contributed by atoms with E-state index in [-0.39, 0.29) is 24.1 Å². The summed E-state index contributed by atoms with van der Waals surface area (Å²) in [5.74, 6) is -1.29. The number of carboxylic acid groups (broad SMARTS) is 2. The first kappa shape index (κ1) is 23.6. The molecule has 0 radical (unpaired) electrons. The lowest BCUT2D eigenvalue weighted by molar-refractivity contribution is -0.134. The molecule has 0 saturated carbocycles. The maximum Gasteiger partial charge on any atom is 0.334 e. The van der Waals surface area contributed by atoms with E-state index in [0.717, 1.165) is 0 Å². The number of aliphatic carboxylic acids is 2. The molecule has 170 valence electrons. The molecule has 0 unspecified atom stereocenters.